The van der Waals surface area contributed by atoms with E-state index in [1.165, 1.54) is 6.42 Å². The van der Waals surface area contributed by atoms with Crippen molar-refractivity contribution in [2.75, 3.05) is 5.75 Å². The van der Waals surface area contributed by atoms with E-state index in [4.69, 9.17) is 23.2 Å². The van der Waals surface area contributed by atoms with Crippen LogP contribution in [0.25, 0.3) is 0 Å². The number of ketones is 1. The van der Waals surface area contributed by atoms with Crippen molar-refractivity contribution in [1.82, 2.24) is 0 Å². The number of carbonyl (C=O) groups excluding carboxylic acids is 1. The first-order valence-electron chi connectivity index (χ1n) is 6.43. The van der Waals surface area contributed by atoms with Gasteiger partial charge in [-0.1, -0.05) is 42.5 Å². The van der Waals surface area contributed by atoms with Gasteiger partial charge < -0.3 is 0 Å². The summed E-state index contributed by atoms with van der Waals surface area (Å²) < 4.78 is 12.2. The summed E-state index contributed by atoms with van der Waals surface area (Å²) in [7, 11) is -1.10. The molecule has 0 N–H and O–H groups in total. The van der Waals surface area contributed by atoms with E-state index in [0.29, 0.717) is 15.6 Å². The second-order valence-corrected chi connectivity index (χ2v) is 7.39. The molecule has 0 heterocycles. The Morgan fingerprint density at radius 3 is 2.58 bits per heavy atom. The number of hydrogen-bond acceptors (Lipinski definition) is 2. The molecule has 1 saturated carbocycles. The highest BCUT2D eigenvalue weighted by Crippen LogP contribution is 2.24. The number of Topliss-reactive ketones (excluding diaryl/α,β-unsaturated/α-hetero) is 1. The van der Waals surface area contributed by atoms with Gasteiger partial charge in [0.15, 0.2) is 5.78 Å². The second kappa shape index (κ2) is 6.87. The third-order valence-corrected chi connectivity index (χ3v) is 5.75. The summed E-state index contributed by atoms with van der Waals surface area (Å²) in [5.74, 6) is -0.138. The Kier molecular flexibility index (Phi) is 5.43. The van der Waals surface area contributed by atoms with Gasteiger partial charge >= 0.3 is 0 Å². The topological polar surface area (TPSA) is 34.1 Å². The van der Waals surface area contributed by atoms with Gasteiger partial charge in [0.05, 0.1) is 10.8 Å². The van der Waals surface area contributed by atoms with Crippen molar-refractivity contribution in [1.29, 1.82) is 0 Å². The Morgan fingerprint density at radius 2 is 1.89 bits per heavy atom. The molecule has 1 fully saturated rings. The van der Waals surface area contributed by atoms with E-state index < -0.39 is 10.8 Å². The number of carbonyl (C=O) groups is 1. The number of halogens is 2. The average molecular weight is 319 g/mol. The van der Waals surface area contributed by atoms with Crippen LogP contribution in [0.4, 0.5) is 0 Å². The molecule has 2 rings (SSSR count). The summed E-state index contributed by atoms with van der Waals surface area (Å²) >= 11 is 11.8. The molecule has 1 atom stereocenters. The zero-order chi connectivity index (χ0) is 13.8. The van der Waals surface area contributed by atoms with Crippen LogP contribution in [-0.4, -0.2) is 21.0 Å². The predicted molar refractivity (Wildman–Crippen MR) is 80.7 cm³/mol. The molecular formula is C14H16Cl2O2S. The highest BCUT2D eigenvalue weighted by Gasteiger charge is 2.23. The first kappa shape index (κ1) is 15.0. The smallest absolute Gasteiger partial charge is 0.176 e. The van der Waals surface area contributed by atoms with Crippen LogP contribution in [0, 0.1) is 0 Å². The van der Waals surface area contributed by atoms with E-state index in [9.17, 15) is 9.00 Å². The minimum atomic E-state index is -1.10. The zero-order valence-electron chi connectivity index (χ0n) is 10.5. The van der Waals surface area contributed by atoms with E-state index in [1.54, 1.807) is 18.2 Å². The number of benzene rings is 1. The molecule has 1 aromatic carbocycles. The average Bonchev–Trinajstić information content (AvgIpc) is 2.42. The molecule has 5 heteroatoms. The van der Waals surface area contributed by atoms with Crippen LogP contribution in [0.5, 0.6) is 0 Å². The van der Waals surface area contributed by atoms with Crippen LogP contribution < -0.4 is 0 Å². The summed E-state index contributed by atoms with van der Waals surface area (Å²) in [6.07, 6.45) is 5.36. The van der Waals surface area contributed by atoms with Gasteiger partial charge in [0.1, 0.15) is 0 Å². The lowest BCUT2D eigenvalue weighted by atomic mass is 10.0. The molecule has 1 unspecified atom stereocenters. The van der Waals surface area contributed by atoms with Crippen molar-refractivity contribution >= 4 is 39.8 Å². The molecule has 1 aliphatic carbocycles. The fourth-order valence-corrected chi connectivity index (χ4v) is 4.27. The Balaban J connectivity index is 2.04. The van der Waals surface area contributed by atoms with Gasteiger partial charge in [0.2, 0.25) is 0 Å². The molecule has 0 spiro atoms. The van der Waals surface area contributed by atoms with Gasteiger partial charge in [-0.25, -0.2) is 0 Å². The van der Waals surface area contributed by atoms with Crippen molar-refractivity contribution in [2.45, 2.75) is 37.4 Å². The van der Waals surface area contributed by atoms with Gasteiger partial charge in [-0.15, -0.1) is 0 Å². The van der Waals surface area contributed by atoms with Gasteiger partial charge in [-0.05, 0) is 31.0 Å². The molecule has 19 heavy (non-hydrogen) atoms. The van der Waals surface area contributed by atoms with E-state index >= 15 is 0 Å². The maximum atomic E-state index is 12.2. The van der Waals surface area contributed by atoms with Crippen molar-refractivity contribution in [2.24, 2.45) is 0 Å². The van der Waals surface area contributed by atoms with Crippen LogP contribution in [0.2, 0.25) is 10.0 Å². The summed E-state index contributed by atoms with van der Waals surface area (Å²) in [5.41, 5.74) is 0.373. The van der Waals surface area contributed by atoms with Crippen LogP contribution >= 0.6 is 23.2 Å². The monoisotopic (exact) mass is 318 g/mol. The molecule has 0 bridgehead atoms. The molecule has 0 aromatic heterocycles. The SMILES string of the molecule is O=C(CS(=O)C1CCCCC1)c1cc(Cl)ccc1Cl. The third kappa shape index (κ3) is 4.04. The standard InChI is InChI=1S/C14H16Cl2O2S/c15-10-6-7-13(16)12(8-10)14(17)9-19(18)11-4-2-1-3-5-11/h6-8,11H,1-5,9H2. The fourth-order valence-electron chi connectivity index (χ4n) is 2.36. The highest BCUT2D eigenvalue weighted by atomic mass is 35.5. The molecule has 1 aromatic rings. The van der Waals surface area contributed by atoms with Gasteiger partial charge in [-0.2, -0.15) is 0 Å². The molecule has 2 nitrogen and oxygen atoms in total. The Hall–Kier alpha value is -0.380. The van der Waals surface area contributed by atoms with E-state index in [1.807, 2.05) is 0 Å². The van der Waals surface area contributed by atoms with Crippen LogP contribution in [0.15, 0.2) is 18.2 Å². The maximum absolute atomic E-state index is 12.2. The lowest BCUT2D eigenvalue weighted by Crippen LogP contribution is -2.24. The maximum Gasteiger partial charge on any atom is 0.176 e. The summed E-state index contributed by atoms with van der Waals surface area (Å²) in [4.78, 5) is 12.1. The minimum Gasteiger partial charge on any atom is -0.293 e. The molecule has 104 valence electrons. The van der Waals surface area contributed by atoms with Crippen LogP contribution in [-0.2, 0) is 10.8 Å². The Morgan fingerprint density at radius 1 is 1.21 bits per heavy atom. The first-order valence-corrected chi connectivity index (χ1v) is 8.57. The Labute approximate surface area is 125 Å². The van der Waals surface area contributed by atoms with Crippen molar-refractivity contribution in [3.63, 3.8) is 0 Å². The minimum absolute atomic E-state index is 0.0464. The van der Waals surface area contributed by atoms with Crippen LogP contribution in [0.3, 0.4) is 0 Å². The summed E-state index contributed by atoms with van der Waals surface area (Å²) in [5, 5.41) is 1.00. The molecule has 0 saturated heterocycles. The number of hydrogen-bond donors (Lipinski definition) is 0. The zero-order valence-corrected chi connectivity index (χ0v) is 12.9. The first-order chi connectivity index (χ1) is 9.08. The van der Waals surface area contributed by atoms with E-state index in [-0.39, 0.29) is 16.8 Å². The third-order valence-electron chi connectivity index (χ3n) is 3.43. The van der Waals surface area contributed by atoms with Gasteiger partial charge in [0.25, 0.3) is 0 Å². The quantitative estimate of drug-likeness (QED) is 0.777. The lowest BCUT2D eigenvalue weighted by molar-refractivity contribution is 0.102. The van der Waals surface area contributed by atoms with Crippen molar-refractivity contribution in [3.8, 4) is 0 Å². The second-order valence-electron chi connectivity index (χ2n) is 4.83. The summed E-state index contributed by atoms with van der Waals surface area (Å²) in [6, 6.07) is 4.78. The van der Waals surface area contributed by atoms with Gasteiger partial charge in [0, 0.05) is 26.6 Å². The van der Waals surface area contributed by atoms with E-state index in [0.717, 1.165) is 25.7 Å². The molecule has 0 radical (unpaired) electrons. The van der Waals surface area contributed by atoms with Crippen molar-refractivity contribution in [3.05, 3.63) is 33.8 Å². The van der Waals surface area contributed by atoms with Crippen LogP contribution in [0.1, 0.15) is 42.5 Å². The largest absolute Gasteiger partial charge is 0.293 e. The fraction of sp³-hybridized carbons (Fsp3) is 0.500. The summed E-state index contributed by atoms with van der Waals surface area (Å²) in [6.45, 7) is 0. The van der Waals surface area contributed by atoms with Gasteiger partial charge in [-0.3, -0.25) is 9.00 Å². The number of rotatable bonds is 4. The predicted octanol–water partition coefficient (Wildman–Crippen LogP) is 4.26. The van der Waals surface area contributed by atoms with E-state index in [2.05, 4.69) is 0 Å². The lowest BCUT2D eigenvalue weighted by Gasteiger charge is -2.20. The van der Waals surface area contributed by atoms with Crippen molar-refractivity contribution < 1.29 is 9.00 Å². The Bertz CT molecular complexity index is 496. The molecule has 1 aliphatic rings. The molecule has 0 amide bonds. The molecular weight excluding hydrogens is 303 g/mol. The highest BCUT2D eigenvalue weighted by molar-refractivity contribution is 7.86. The normalized spacial score (nSPS) is 18.2. The molecule has 0 aliphatic heterocycles.